The van der Waals surface area contributed by atoms with Gasteiger partial charge in [0.15, 0.2) is 0 Å². The third kappa shape index (κ3) is 4.54. The molecule has 0 unspecified atom stereocenters. The summed E-state index contributed by atoms with van der Waals surface area (Å²) < 4.78 is 0. The summed E-state index contributed by atoms with van der Waals surface area (Å²) in [5.41, 5.74) is 2.09. The molecule has 18 heavy (non-hydrogen) atoms. The number of thioether (sulfide) groups is 1. The summed E-state index contributed by atoms with van der Waals surface area (Å²) in [6, 6.07) is 4.94. The second-order valence-corrected chi connectivity index (χ2v) is 5.31. The maximum atomic E-state index is 10.7. The number of nitrogens with one attached hydrogen (secondary N) is 1. The number of non-ortho nitro benzene ring substituents is 1. The monoisotopic (exact) mass is 269 g/mol. The van der Waals surface area contributed by atoms with Crippen molar-refractivity contribution in [3.05, 3.63) is 33.9 Å². The minimum Gasteiger partial charge on any atom is -0.388 e. The number of nitro benzene ring substituents is 1. The lowest BCUT2D eigenvalue weighted by Crippen LogP contribution is -2.14. The average Bonchev–Trinajstić information content (AvgIpc) is 2.34. The minimum absolute atomic E-state index is 0.150. The number of nitro groups is 1. The van der Waals surface area contributed by atoms with E-state index in [4.69, 9.17) is 0 Å². The molecule has 0 saturated carbocycles. The predicted octanol–water partition coefficient (Wildman–Crippen LogP) is 2.43. The second kappa shape index (κ2) is 7.23. The van der Waals surface area contributed by atoms with Gasteiger partial charge in [-0.3, -0.25) is 10.1 Å². The molecule has 5 nitrogen and oxygen atoms in total. The van der Waals surface area contributed by atoms with Gasteiger partial charge < -0.3 is 10.2 Å². The third-order valence-corrected chi connectivity index (χ3v) is 3.50. The highest BCUT2D eigenvalue weighted by molar-refractivity contribution is 7.98. The Morgan fingerprint density at radius 2 is 2.17 bits per heavy atom. The standard InChI is InChI=1S/C12H19N3O2S/c1-13-12-5-4-11(15(16)17)8-10(12)9-18-7-6-14(2)3/h4-5,8,13H,6-7,9H2,1-3H3. The molecule has 0 saturated heterocycles. The molecule has 0 aliphatic carbocycles. The fourth-order valence-electron chi connectivity index (χ4n) is 1.49. The molecule has 1 rings (SSSR count). The lowest BCUT2D eigenvalue weighted by molar-refractivity contribution is -0.384. The molecule has 0 aliphatic heterocycles. The van der Waals surface area contributed by atoms with Crippen molar-refractivity contribution in [3.8, 4) is 0 Å². The van der Waals surface area contributed by atoms with E-state index in [1.807, 2.05) is 21.1 Å². The molecule has 0 aromatic heterocycles. The van der Waals surface area contributed by atoms with Crippen LogP contribution in [0.25, 0.3) is 0 Å². The van der Waals surface area contributed by atoms with Crippen molar-refractivity contribution in [1.29, 1.82) is 0 Å². The molecular weight excluding hydrogens is 250 g/mol. The lowest BCUT2D eigenvalue weighted by atomic mass is 10.2. The molecular formula is C12H19N3O2S. The second-order valence-electron chi connectivity index (χ2n) is 4.20. The van der Waals surface area contributed by atoms with Crippen LogP contribution in [0.5, 0.6) is 0 Å². The molecule has 0 radical (unpaired) electrons. The van der Waals surface area contributed by atoms with Gasteiger partial charge in [-0.1, -0.05) is 0 Å². The fourth-order valence-corrected chi connectivity index (χ4v) is 2.58. The molecule has 0 aliphatic rings. The van der Waals surface area contributed by atoms with Crippen molar-refractivity contribution < 1.29 is 4.92 Å². The van der Waals surface area contributed by atoms with E-state index in [2.05, 4.69) is 10.2 Å². The highest BCUT2D eigenvalue weighted by Gasteiger charge is 2.10. The fraction of sp³-hybridized carbons (Fsp3) is 0.500. The molecule has 0 bridgehead atoms. The van der Waals surface area contributed by atoms with E-state index in [9.17, 15) is 10.1 Å². The minimum atomic E-state index is -0.354. The Bertz CT molecular complexity index is 410. The van der Waals surface area contributed by atoms with Crippen LogP contribution >= 0.6 is 11.8 Å². The van der Waals surface area contributed by atoms with Gasteiger partial charge in [-0.2, -0.15) is 11.8 Å². The van der Waals surface area contributed by atoms with Gasteiger partial charge in [0.2, 0.25) is 0 Å². The number of hydrogen-bond donors (Lipinski definition) is 1. The Morgan fingerprint density at radius 1 is 1.44 bits per heavy atom. The van der Waals surface area contributed by atoms with E-state index in [1.54, 1.807) is 23.9 Å². The van der Waals surface area contributed by atoms with Crippen molar-refractivity contribution >= 4 is 23.1 Å². The summed E-state index contributed by atoms with van der Waals surface area (Å²) >= 11 is 1.78. The Labute approximate surface area is 112 Å². The molecule has 1 N–H and O–H groups in total. The molecule has 0 atom stereocenters. The maximum absolute atomic E-state index is 10.7. The Balaban J connectivity index is 2.66. The Hall–Kier alpha value is -1.27. The third-order valence-electron chi connectivity index (χ3n) is 2.51. The first-order valence-corrected chi connectivity index (χ1v) is 6.87. The SMILES string of the molecule is CNc1ccc([N+](=O)[O-])cc1CSCCN(C)C. The molecule has 100 valence electrons. The van der Waals surface area contributed by atoms with Crippen LogP contribution in [0, 0.1) is 10.1 Å². The zero-order chi connectivity index (χ0) is 13.5. The van der Waals surface area contributed by atoms with E-state index in [1.165, 1.54) is 6.07 Å². The van der Waals surface area contributed by atoms with E-state index in [-0.39, 0.29) is 10.6 Å². The van der Waals surface area contributed by atoms with Crippen LogP contribution in [-0.2, 0) is 5.75 Å². The van der Waals surface area contributed by atoms with Gasteiger partial charge in [-0.25, -0.2) is 0 Å². The van der Waals surface area contributed by atoms with Gasteiger partial charge >= 0.3 is 0 Å². The molecule has 0 spiro atoms. The molecule has 0 amide bonds. The summed E-state index contributed by atoms with van der Waals surface area (Å²) in [5, 5.41) is 13.8. The van der Waals surface area contributed by atoms with Crippen LogP contribution in [0.15, 0.2) is 18.2 Å². The lowest BCUT2D eigenvalue weighted by Gasteiger charge is -2.11. The molecule has 0 fully saturated rings. The van der Waals surface area contributed by atoms with Crippen LogP contribution in [0.2, 0.25) is 0 Å². The number of rotatable bonds is 7. The van der Waals surface area contributed by atoms with Crippen molar-refractivity contribution in [1.82, 2.24) is 4.90 Å². The van der Waals surface area contributed by atoms with Crippen LogP contribution in [0.3, 0.4) is 0 Å². The smallest absolute Gasteiger partial charge is 0.269 e. The van der Waals surface area contributed by atoms with Crippen molar-refractivity contribution in [2.45, 2.75) is 5.75 Å². The Morgan fingerprint density at radius 3 is 2.72 bits per heavy atom. The van der Waals surface area contributed by atoms with Gasteiger partial charge in [0.05, 0.1) is 4.92 Å². The van der Waals surface area contributed by atoms with Gasteiger partial charge in [0.25, 0.3) is 5.69 Å². The van der Waals surface area contributed by atoms with Gasteiger partial charge in [0.1, 0.15) is 0 Å². The van der Waals surface area contributed by atoms with Crippen LogP contribution in [0.4, 0.5) is 11.4 Å². The first-order chi connectivity index (χ1) is 8.54. The average molecular weight is 269 g/mol. The Kier molecular flexibility index (Phi) is 5.94. The number of hydrogen-bond acceptors (Lipinski definition) is 5. The molecule has 0 heterocycles. The van der Waals surface area contributed by atoms with Crippen LogP contribution < -0.4 is 5.32 Å². The van der Waals surface area contributed by atoms with Crippen molar-refractivity contribution in [3.63, 3.8) is 0 Å². The summed E-state index contributed by atoms with van der Waals surface area (Å²) in [5.74, 6) is 1.80. The predicted molar refractivity (Wildman–Crippen MR) is 77.4 cm³/mol. The van der Waals surface area contributed by atoms with Crippen LogP contribution in [-0.4, -0.2) is 43.3 Å². The van der Waals surface area contributed by atoms with Gasteiger partial charge in [-0.15, -0.1) is 0 Å². The highest BCUT2D eigenvalue weighted by Crippen LogP contribution is 2.25. The van der Waals surface area contributed by atoms with Gasteiger partial charge in [0, 0.05) is 42.9 Å². The summed E-state index contributed by atoms with van der Waals surface area (Å²) in [6.07, 6.45) is 0. The van der Waals surface area contributed by atoms with Crippen molar-refractivity contribution in [2.24, 2.45) is 0 Å². The number of benzene rings is 1. The van der Waals surface area contributed by atoms with E-state index >= 15 is 0 Å². The molecule has 1 aromatic carbocycles. The first kappa shape index (κ1) is 14.8. The summed E-state index contributed by atoms with van der Waals surface area (Å²) in [6.45, 7) is 1.01. The summed E-state index contributed by atoms with van der Waals surface area (Å²) in [7, 11) is 5.90. The normalized spacial score (nSPS) is 10.7. The first-order valence-electron chi connectivity index (χ1n) is 5.72. The zero-order valence-corrected chi connectivity index (χ0v) is 11.8. The van der Waals surface area contributed by atoms with Gasteiger partial charge in [-0.05, 0) is 25.7 Å². The van der Waals surface area contributed by atoms with E-state index in [0.717, 1.165) is 29.3 Å². The maximum Gasteiger partial charge on any atom is 0.269 e. The number of anilines is 1. The molecule has 6 heteroatoms. The largest absolute Gasteiger partial charge is 0.388 e. The summed E-state index contributed by atoms with van der Waals surface area (Å²) in [4.78, 5) is 12.5. The number of nitrogens with zero attached hydrogens (tertiary/aromatic N) is 2. The van der Waals surface area contributed by atoms with Crippen molar-refractivity contribution in [2.75, 3.05) is 38.8 Å². The zero-order valence-electron chi connectivity index (χ0n) is 11.0. The topological polar surface area (TPSA) is 58.4 Å². The van der Waals surface area contributed by atoms with E-state index in [0.29, 0.717) is 0 Å². The quantitative estimate of drug-likeness (QED) is 0.468. The van der Waals surface area contributed by atoms with E-state index < -0.39 is 0 Å². The van der Waals surface area contributed by atoms with Crippen LogP contribution in [0.1, 0.15) is 5.56 Å². The highest BCUT2D eigenvalue weighted by atomic mass is 32.2. The molecule has 1 aromatic rings.